The SMILES string of the molecule is O=C1/C(=C\c2cn(Cc3c(Cl)cccc3Cl)c3ccccc23)Sc2ccccc21. The van der Waals surface area contributed by atoms with Crippen LogP contribution in [0.4, 0.5) is 0 Å². The van der Waals surface area contributed by atoms with Gasteiger partial charge >= 0.3 is 0 Å². The second-order valence-electron chi connectivity index (χ2n) is 6.87. The second kappa shape index (κ2) is 7.42. The van der Waals surface area contributed by atoms with Crippen LogP contribution in [-0.4, -0.2) is 10.4 Å². The average molecular weight is 436 g/mol. The Morgan fingerprint density at radius 1 is 0.897 bits per heavy atom. The number of ketones is 1. The summed E-state index contributed by atoms with van der Waals surface area (Å²) < 4.78 is 2.13. The number of aromatic nitrogens is 1. The topological polar surface area (TPSA) is 22.0 Å². The van der Waals surface area contributed by atoms with Crippen LogP contribution < -0.4 is 0 Å². The number of allylic oxidation sites excluding steroid dienone is 1. The second-order valence-corrected chi connectivity index (χ2v) is 8.76. The molecule has 0 unspecified atom stereocenters. The van der Waals surface area contributed by atoms with Crippen LogP contribution in [0.25, 0.3) is 17.0 Å². The fourth-order valence-corrected chi connectivity index (χ4v) is 5.21. The van der Waals surface area contributed by atoms with Crippen molar-refractivity contribution in [3.8, 4) is 0 Å². The van der Waals surface area contributed by atoms with Gasteiger partial charge in [-0.2, -0.15) is 0 Å². The zero-order chi connectivity index (χ0) is 20.0. The van der Waals surface area contributed by atoms with E-state index in [2.05, 4.69) is 22.9 Å². The molecule has 0 bridgehead atoms. The number of hydrogen-bond donors (Lipinski definition) is 0. The Labute approximate surface area is 182 Å². The lowest BCUT2D eigenvalue weighted by molar-refractivity contribution is 0.104. The number of benzene rings is 3. The molecule has 0 saturated heterocycles. The molecule has 1 aromatic heterocycles. The molecule has 1 aliphatic heterocycles. The fraction of sp³-hybridized carbons (Fsp3) is 0.0417. The molecule has 0 amide bonds. The molecule has 29 heavy (non-hydrogen) atoms. The number of hydrogen-bond acceptors (Lipinski definition) is 2. The third-order valence-corrected chi connectivity index (χ3v) is 6.88. The van der Waals surface area contributed by atoms with E-state index in [4.69, 9.17) is 23.2 Å². The van der Waals surface area contributed by atoms with Crippen LogP contribution in [0.15, 0.2) is 82.7 Å². The minimum atomic E-state index is 0.0802. The first kappa shape index (κ1) is 18.6. The fourth-order valence-electron chi connectivity index (χ4n) is 3.65. The van der Waals surface area contributed by atoms with Gasteiger partial charge in [-0.25, -0.2) is 0 Å². The number of Topliss-reactive ketones (excluding diaryl/α,β-unsaturated/α-hetero) is 1. The van der Waals surface area contributed by atoms with Crippen LogP contribution in [0, 0.1) is 0 Å². The summed E-state index contributed by atoms with van der Waals surface area (Å²) in [6.07, 6.45) is 4.05. The van der Waals surface area contributed by atoms with Gasteiger partial charge in [0.1, 0.15) is 0 Å². The van der Waals surface area contributed by atoms with Gasteiger partial charge in [0.2, 0.25) is 5.78 Å². The molecule has 0 N–H and O–H groups in total. The van der Waals surface area contributed by atoms with E-state index in [0.717, 1.165) is 37.4 Å². The van der Waals surface area contributed by atoms with Gasteiger partial charge in [0.25, 0.3) is 0 Å². The summed E-state index contributed by atoms with van der Waals surface area (Å²) in [6.45, 7) is 0.559. The molecule has 2 nitrogen and oxygen atoms in total. The van der Waals surface area contributed by atoms with Gasteiger partial charge in [-0.05, 0) is 36.4 Å². The number of carbonyl (C=O) groups is 1. The Morgan fingerprint density at radius 3 is 2.41 bits per heavy atom. The van der Waals surface area contributed by atoms with Crippen molar-refractivity contribution < 1.29 is 4.79 Å². The zero-order valence-electron chi connectivity index (χ0n) is 15.2. The summed E-state index contributed by atoms with van der Waals surface area (Å²) in [6, 6.07) is 21.4. The van der Waals surface area contributed by atoms with Crippen LogP contribution in [0.3, 0.4) is 0 Å². The Balaban J connectivity index is 1.59. The Kier molecular flexibility index (Phi) is 4.75. The van der Waals surface area contributed by atoms with Crippen molar-refractivity contribution in [2.24, 2.45) is 0 Å². The number of halogens is 2. The molecule has 3 aromatic carbocycles. The number of thioether (sulfide) groups is 1. The average Bonchev–Trinajstić information content (AvgIpc) is 3.23. The van der Waals surface area contributed by atoms with Crippen molar-refractivity contribution >= 4 is 57.7 Å². The smallest absolute Gasteiger partial charge is 0.200 e. The van der Waals surface area contributed by atoms with Gasteiger partial charge in [-0.3, -0.25) is 4.79 Å². The van der Waals surface area contributed by atoms with E-state index in [-0.39, 0.29) is 5.78 Å². The van der Waals surface area contributed by atoms with Gasteiger partial charge in [-0.15, -0.1) is 0 Å². The van der Waals surface area contributed by atoms with Crippen molar-refractivity contribution in [2.45, 2.75) is 11.4 Å². The molecule has 0 spiro atoms. The number of rotatable bonds is 3. The summed E-state index contributed by atoms with van der Waals surface area (Å²) in [5.41, 5.74) is 3.74. The molecule has 1 aliphatic rings. The lowest BCUT2D eigenvalue weighted by Gasteiger charge is -2.09. The van der Waals surface area contributed by atoms with E-state index >= 15 is 0 Å². The molecule has 4 aromatic rings. The lowest BCUT2D eigenvalue weighted by atomic mass is 10.1. The maximum Gasteiger partial charge on any atom is 0.200 e. The molecule has 142 valence electrons. The predicted octanol–water partition coefficient (Wildman–Crippen LogP) is 7.33. The molecule has 0 saturated carbocycles. The van der Waals surface area contributed by atoms with Crippen molar-refractivity contribution in [3.63, 3.8) is 0 Å². The summed E-state index contributed by atoms with van der Waals surface area (Å²) in [7, 11) is 0. The zero-order valence-corrected chi connectivity index (χ0v) is 17.6. The summed E-state index contributed by atoms with van der Waals surface area (Å²) in [5.74, 6) is 0.0802. The van der Waals surface area contributed by atoms with Gasteiger partial charge < -0.3 is 4.57 Å². The van der Waals surface area contributed by atoms with E-state index in [1.54, 1.807) is 0 Å². The molecular formula is C24H15Cl2NOS. The maximum atomic E-state index is 12.8. The van der Waals surface area contributed by atoms with E-state index in [9.17, 15) is 4.79 Å². The van der Waals surface area contributed by atoms with Crippen LogP contribution >= 0.6 is 35.0 Å². The van der Waals surface area contributed by atoms with Crippen LogP contribution in [0.2, 0.25) is 10.0 Å². The molecular weight excluding hydrogens is 421 g/mol. The molecule has 0 aliphatic carbocycles. The Hall–Kier alpha value is -2.46. The highest BCUT2D eigenvalue weighted by Gasteiger charge is 2.25. The molecule has 0 radical (unpaired) electrons. The normalized spacial score (nSPS) is 14.7. The van der Waals surface area contributed by atoms with Gasteiger partial charge in [0.05, 0.1) is 11.4 Å². The number of para-hydroxylation sites is 1. The van der Waals surface area contributed by atoms with Gasteiger partial charge in [0, 0.05) is 48.7 Å². The molecule has 5 rings (SSSR count). The Bertz CT molecular complexity index is 1290. The van der Waals surface area contributed by atoms with E-state index in [0.29, 0.717) is 16.6 Å². The van der Waals surface area contributed by atoms with E-state index < -0.39 is 0 Å². The number of carbonyl (C=O) groups excluding carboxylic acids is 1. The van der Waals surface area contributed by atoms with Crippen molar-refractivity contribution in [1.29, 1.82) is 0 Å². The predicted molar refractivity (Wildman–Crippen MR) is 122 cm³/mol. The highest BCUT2D eigenvalue weighted by atomic mass is 35.5. The molecule has 2 heterocycles. The van der Waals surface area contributed by atoms with Crippen LogP contribution in [0.5, 0.6) is 0 Å². The first-order chi connectivity index (χ1) is 14.1. The van der Waals surface area contributed by atoms with Crippen molar-refractivity contribution in [2.75, 3.05) is 0 Å². The standard InChI is InChI=1S/C24H15Cl2NOS/c25-19-8-5-9-20(26)18(19)14-27-13-15(16-6-1-3-10-21(16)27)12-23-24(28)17-7-2-4-11-22(17)29-23/h1-13H,14H2/b23-12+. The van der Waals surface area contributed by atoms with Crippen LogP contribution in [-0.2, 0) is 6.54 Å². The van der Waals surface area contributed by atoms with Gasteiger partial charge in [-0.1, -0.05) is 71.4 Å². The van der Waals surface area contributed by atoms with E-state index in [1.807, 2.05) is 60.7 Å². The summed E-state index contributed by atoms with van der Waals surface area (Å²) in [4.78, 5) is 14.5. The van der Waals surface area contributed by atoms with E-state index in [1.165, 1.54) is 11.8 Å². The number of fused-ring (bicyclic) bond motifs is 2. The monoisotopic (exact) mass is 435 g/mol. The highest BCUT2D eigenvalue weighted by Crippen LogP contribution is 2.41. The third-order valence-electron chi connectivity index (χ3n) is 5.07. The van der Waals surface area contributed by atoms with Crippen LogP contribution in [0.1, 0.15) is 21.5 Å². The minimum Gasteiger partial charge on any atom is -0.342 e. The first-order valence-corrected chi connectivity index (χ1v) is 10.7. The molecule has 0 atom stereocenters. The minimum absolute atomic E-state index is 0.0802. The van der Waals surface area contributed by atoms with Crippen molar-refractivity contribution in [1.82, 2.24) is 4.57 Å². The van der Waals surface area contributed by atoms with Gasteiger partial charge in [0.15, 0.2) is 0 Å². The lowest BCUT2D eigenvalue weighted by Crippen LogP contribution is -1.99. The molecule has 0 fully saturated rings. The Morgan fingerprint density at radius 2 is 1.62 bits per heavy atom. The summed E-state index contributed by atoms with van der Waals surface area (Å²) >= 11 is 14.3. The third kappa shape index (κ3) is 3.29. The number of nitrogens with zero attached hydrogens (tertiary/aromatic N) is 1. The molecule has 5 heteroatoms. The summed E-state index contributed by atoms with van der Waals surface area (Å²) in [5, 5.41) is 2.38. The largest absolute Gasteiger partial charge is 0.342 e. The quantitative estimate of drug-likeness (QED) is 0.314. The highest BCUT2D eigenvalue weighted by molar-refractivity contribution is 8.04. The van der Waals surface area contributed by atoms with Crippen molar-refractivity contribution in [3.05, 3.63) is 105 Å². The first-order valence-electron chi connectivity index (χ1n) is 9.16. The maximum absolute atomic E-state index is 12.8.